The molecular formula is C24H23ClN2O2. The number of nitrogens with one attached hydrogen (secondary N) is 1. The molecule has 0 saturated heterocycles. The summed E-state index contributed by atoms with van der Waals surface area (Å²) in [5.41, 5.74) is 8.31. The summed E-state index contributed by atoms with van der Waals surface area (Å²) in [7, 11) is 0. The first kappa shape index (κ1) is 20.6. The smallest absolute Gasteiger partial charge is 0.277 e. The largest absolute Gasteiger partial charge is 0.484 e. The first-order chi connectivity index (χ1) is 13.9. The summed E-state index contributed by atoms with van der Waals surface area (Å²) in [6.07, 6.45) is 0. The van der Waals surface area contributed by atoms with E-state index in [0.717, 1.165) is 33.5 Å². The van der Waals surface area contributed by atoms with Gasteiger partial charge in [-0.2, -0.15) is 5.10 Å². The number of hydrazone groups is 1. The summed E-state index contributed by atoms with van der Waals surface area (Å²) in [5, 5.41) is 4.88. The zero-order chi connectivity index (χ0) is 20.8. The Hall–Kier alpha value is -3.11. The van der Waals surface area contributed by atoms with Gasteiger partial charge in [-0.1, -0.05) is 66.2 Å². The van der Waals surface area contributed by atoms with Crippen LogP contribution in [-0.4, -0.2) is 18.2 Å². The van der Waals surface area contributed by atoms with E-state index in [9.17, 15) is 4.79 Å². The van der Waals surface area contributed by atoms with Crippen LogP contribution in [0.3, 0.4) is 0 Å². The summed E-state index contributed by atoms with van der Waals surface area (Å²) in [6, 6.07) is 21.8. The van der Waals surface area contributed by atoms with Crippen molar-refractivity contribution in [1.29, 1.82) is 0 Å². The monoisotopic (exact) mass is 406 g/mol. The van der Waals surface area contributed by atoms with Gasteiger partial charge >= 0.3 is 0 Å². The molecule has 0 radical (unpaired) electrons. The van der Waals surface area contributed by atoms with Crippen LogP contribution in [0.4, 0.5) is 0 Å². The minimum absolute atomic E-state index is 0.121. The Labute approximate surface area is 176 Å². The number of hydrogen-bond acceptors (Lipinski definition) is 3. The number of halogens is 1. The zero-order valence-corrected chi connectivity index (χ0v) is 17.5. The average molecular weight is 407 g/mol. The summed E-state index contributed by atoms with van der Waals surface area (Å²) < 4.78 is 5.55. The van der Waals surface area contributed by atoms with Crippen LogP contribution in [0.1, 0.15) is 23.6 Å². The molecule has 3 aromatic carbocycles. The summed E-state index contributed by atoms with van der Waals surface area (Å²) in [5.74, 6) is 0.285. The van der Waals surface area contributed by atoms with Gasteiger partial charge in [0.15, 0.2) is 6.61 Å². The molecule has 148 valence electrons. The van der Waals surface area contributed by atoms with Gasteiger partial charge in [-0.05, 0) is 60.7 Å². The van der Waals surface area contributed by atoms with Crippen molar-refractivity contribution in [2.24, 2.45) is 5.10 Å². The van der Waals surface area contributed by atoms with Crippen LogP contribution in [0.25, 0.3) is 11.1 Å². The lowest BCUT2D eigenvalue weighted by atomic mass is 10.0. The molecule has 0 unspecified atom stereocenters. The van der Waals surface area contributed by atoms with Crippen molar-refractivity contribution in [2.45, 2.75) is 20.8 Å². The summed E-state index contributed by atoms with van der Waals surface area (Å²) in [4.78, 5) is 12.1. The maximum atomic E-state index is 12.1. The highest BCUT2D eigenvalue weighted by Crippen LogP contribution is 2.25. The molecule has 5 heteroatoms. The number of rotatable bonds is 6. The number of aryl methyl sites for hydroxylation is 2. The zero-order valence-electron chi connectivity index (χ0n) is 16.7. The van der Waals surface area contributed by atoms with Gasteiger partial charge in [-0.3, -0.25) is 4.79 Å². The van der Waals surface area contributed by atoms with Crippen LogP contribution in [0.5, 0.6) is 5.75 Å². The molecule has 0 fully saturated rings. The summed E-state index contributed by atoms with van der Waals surface area (Å²) in [6.45, 7) is 5.53. The quantitative estimate of drug-likeness (QED) is 0.431. The molecule has 3 aromatic rings. The standard InChI is InChI=1S/C24H23ClN2O2/c1-16-13-22(14-17(2)24(16)25)29-15-23(28)27-26-18(3)19-9-11-21(12-10-19)20-7-5-4-6-8-20/h4-14H,15H2,1-3H3,(H,27,28). The number of carbonyl (C=O) groups is 1. The lowest BCUT2D eigenvalue weighted by Gasteiger charge is -2.09. The van der Waals surface area contributed by atoms with Gasteiger partial charge in [-0.25, -0.2) is 5.43 Å². The van der Waals surface area contributed by atoms with Gasteiger partial charge in [0.2, 0.25) is 0 Å². The van der Waals surface area contributed by atoms with Crippen LogP contribution in [0, 0.1) is 13.8 Å². The maximum absolute atomic E-state index is 12.1. The van der Waals surface area contributed by atoms with Crippen molar-refractivity contribution < 1.29 is 9.53 Å². The van der Waals surface area contributed by atoms with E-state index in [2.05, 4.69) is 22.7 Å². The third-order valence-electron chi connectivity index (χ3n) is 4.54. The number of amides is 1. The third kappa shape index (κ3) is 5.46. The summed E-state index contributed by atoms with van der Waals surface area (Å²) >= 11 is 6.15. The molecule has 1 N–H and O–H groups in total. The lowest BCUT2D eigenvalue weighted by molar-refractivity contribution is -0.123. The van der Waals surface area contributed by atoms with Gasteiger partial charge < -0.3 is 4.74 Å². The van der Waals surface area contributed by atoms with E-state index in [1.54, 1.807) is 0 Å². The minimum atomic E-state index is -0.324. The molecule has 0 aliphatic rings. The van der Waals surface area contributed by atoms with E-state index in [1.165, 1.54) is 0 Å². The van der Waals surface area contributed by atoms with E-state index >= 15 is 0 Å². The van der Waals surface area contributed by atoms with Crippen LogP contribution in [0.2, 0.25) is 5.02 Å². The Balaban J connectivity index is 1.57. The molecular weight excluding hydrogens is 384 g/mol. The van der Waals surface area contributed by atoms with Crippen molar-refractivity contribution in [3.8, 4) is 16.9 Å². The van der Waals surface area contributed by atoms with Gasteiger partial charge in [0.05, 0.1) is 5.71 Å². The van der Waals surface area contributed by atoms with Crippen molar-refractivity contribution >= 4 is 23.2 Å². The molecule has 4 nitrogen and oxygen atoms in total. The topological polar surface area (TPSA) is 50.7 Å². The fourth-order valence-electron chi connectivity index (χ4n) is 2.92. The second-order valence-corrected chi connectivity index (χ2v) is 7.21. The molecule has 3 rings (SSSR count). The van der Waals surface area contributed by atoms with Crippen molar-refractivity contribution in [3.05, 3.63) is 88.4 Å². The van der Waals surface area contributed by atoms with E-state index < -0.39 is 0 Å². The first-order valence-electron chi connectivity index (χ1n) is 9.32. The van der Waals surface area contributed by atoms with Gasteiger partial charge in [0, 0.05) is 5.02 Å². The minimum Gasteiger partial charge on any atom is -0.484 e. The first-order valence-corrected chi connectivity index (χ1v) is 9.70. The van der Waals surface area contributed by atoms with Crippen molar-refractivity contribution in [3.63, 3.8) is 0 Å². The van der Waals surface area contributed by atoms with Crippen LogP contribution < -0.4 is 10.2 Å². The second-order valence-electron chi connectivity index (χ2n) is 6.84. The normalized spacial score (nSPS) is 11.2. The van der Waals surface area contributed by atoms with Gasteiger partial charge in [0.1, 0.15) is 5.75 Å². The lowest BCUT2D eigenvalue weighted by Crippen LogP contribution is -2.25. The molecule has 0 saturated carbocycles. The number of hydrogen-bond donors (Lipinski definition) is 1. The fourth-order valence-corrected chi connectivity index (χ4v) is 3.03. The molecule has 0 spiro atoms. The Morgan fingerprint density at radius 2 is 1.55 bits per heavy atom. The predicted molar refractivity (Wildman–Crippen MR) is 119 cm³/mol. The Bertz CT molecular complexity index is 1010. The highest BCUT2D eigenvalue weighted by atomic mass is 35.5. The van der Waals surface area contributed by atoms with E-state index in [4.69, 9.17) is 16.3 Å². The van der Waals surface area contributed by atoms with Gasteiger partial charge in [-0.15, -0.1) is 0 Å². The molecule has 0 aromatic heterocycles. The number of carbonyl (C=O) groups excluding carboxylic acids is 1. The SMILES string of the molecule is CC(=NNC(=O)COc1cc(C)c(Cl)c(C)c1)c1ccc(-c2ccccc2)cc1. The molecule has 29 heavy (non-hydrogen) atoms. The Kier molecular flexibility index (Phi) is 6.68. The maximum Gasteiger partial charge on any atom is 0.277 e. The second kappa shape index (κ2) is 9.39. The molecule has 0 bridgehead atoms. The number of nitrogens with zero attached hydrogens (tertiary/aromatic N) is 1. The van der Waals surface area contributed by atoms with E-state index in [1.807, 2.05) is 75.4 Å². The molecule has 0 aliphatic carbocycles. The van der Waals surface area contributed by atoms with Crippen molar-refractivity contribution in [1.82, 2.24) is 5.43 Å². The highest BCUT2D eigenvalue weighted by Gasteiger charge is 2.07. The molecule has 0 atom stereocenters. The Morgan fingerprint density at radius 1 is 0.966 bits per heavy atom. The molecule has 0 aliphatic heterocycles. The number of ether oxygens (including phenoxy) is 1. The average Bonchev–Trinajstić information content (AvgIpc) is 2.75. The van der Waals surface area contributed by atoms with Crippen LogP contribution >= 0.6 is 11.6 Å². The highest BCUT2D eigenvalue weighted by molar-refractivity contribution is 6.32. The Morgan fingerprint density at radius 3 is 2.17 bits per heavy atom. The molecule has 1 amide bonds. The van der Waals surface area contributed by atoms with Crippen LogP contribution in [-0.2, 0) is 4.79 Å². The van der Waals surface area contributed by atoms with Crippen LogP contribution in [0.15, 0.2) is 71.8 Å². The number of benzene rings is 3. The fraction of sp³-hybridized carbons (Fsp3) is 0.167. The molecule has 0 heterocycles. The van der Waals surface area contributed by atoms with E-state index in [-0.39, 0.29) is 12.5 Å². The van der Waals surface area contributed by atoms with Crippen molar-refractivity contribution in [2.75, 3.05) is 6.61 Å². The predicted octanol–water partition coefficient (Wildman–Crippen LogP) is 5.54. The van der Waals surface area contributed by atoms with Gasteiger partial charge in [0.25, 0.3) is 5.91 Å². The van der Waals surface area contributed by atoms with E-state index in [0.29, 0.717) is 10.8 Å². The third-order valence-corrected chi connectivity index (χ3v) is 5.13.